The van der Waals surface area contributed by atoms with Crippen LogP contribution in [0.2, 0.25) is 0 Å². The highest BCUT2D eigenvalue weighted by Crippen LogP contribution is 2.68. The quantitative estimate of drug-likeness (QED) is 0.787. The lowest BCUT2D eigenvalue weighted by molar-refractivity contribution is -0.133. The molecule has 3 rings (SSSR count). The molecule has 0 aromatic heterocycles. The molecule has 3 aliphatic rings. The highest BCUT2D eigenvalue weighted by molar-refractivity contribution is 5.84. The van der Waals surface area contributed by atoms with E-state index in [-0.39, 0.29) is 16.7 Å². The van der Waals surface area contributed by atoms with Crippen LogP contribution in [-0.2, 0) is 4.79 Å². The zero-order valence-corrected chi connectivity index (χ0v) is 12.8. The molecule has 0 aromatic carbocycles. The van der Waals surface area contributed by atoms with Gasteiger partial charge in [-0.25, -0.2) is 0 Å². The van der Waals surface area contributed by atoms with Crippen molar-refractivity contribution in [3.05, 3.63) is 0 Å². The first-order valence-corrected chi connectivity index (χ1v) is 7.85. The molecule has 0 unspecified atom stereocenters. The normalized spacial score (nSPS) is 36.7. The lowest BCUT2D eigenvalue weighted by Gasteiger charge is -2.22. The number of hydrogen-bond acceptors (Lipinski definition) is 2. The second-order valence-corrected chi connectivity index (χ2v) is 7.96. The minimum Gasteiger partial charge on any atom is -0.342 e. The molecule has 1 N–H and O–H groups in total. The van der Waals surface area contributed by atoms with Crippen LogP contribution in [0.4, 0.5) is 0 Å². The molecular formula is C16H28N2O. The van der Waals surface area contributed by atoms with Crippen molar-refractivity contribution in [1.29, 1.82) is 0 Å². The van der Waals surface area contributed by atoms with Crippen LogP contribution in [0.5, 0.6) is 0 Å². The van der Waals surface area contributed by atoms with Crippen molar-refractivity contribution in [3.63, 3.8) is 0 Å². The van der Waals surface area contributed by atoms with Crippen molar-refractivity contribution < 1.29 is 4.79 Å². The second kappa shape index (κ2) is 4.21. The first kappa shape index (κ1) is 13.4. The Labute approximate surface area is 117 Å². The number of nitrogens with one attached hydrogen (secondary N) is 1. The van der Waals surface area contributed by atoms with E-state index >= 15 is 0 Å². The van der Waals surface area contributed by atoms with Crippen molar-refractivity contribution in [2.24, 2.45) is 28.6 Å². The van der Waals surface area contributed by atoms with E-state index in [9.17, 15) is 4.79 Å². The molecule has 2 aliphatic heterocycles. The minimum absolute atomic E-state index is 0.174. The van der Waals surface area contributed by atoms with Crippen LogP contribution < -0.4 is 5.32 Å². The molecular weight excluding hydrogens is 236 g/mol. The molecule has 3 nitrogen and oxygen atoms in total. The molecule has 0 aromatic rings. The van der Waals surface area contributed by atoms with Gasteiger partial charge in [-0.2, -0.15) is 0 Å². The van der Waals surface area contributed by atoms with E-state index in [2.05, 4.69) is 37.9 Å². The Morgan fingerprint density at radius 2 is 1.47 bits per heavy atom. The summed E-state index contributed by atoms with van der Waals surface area (Å²) in [5, 5.41) is 3.49. The van der Waals surface area contributed by atoms with Gasteiger partial charge in [-0.1, -0.05) is 27.7 Å². The second-order valence-electron chi connectivity index (χ2n) is 7.96. The summed E-state index contributed by atoms with van der Waals surface area (Å²) in [5.41, 5.74) is 0.349. The van der Waals surface area contributed by atoms with Gasteiger partial charge in [0.15, 0.2) is 0 Å². The van der Waals surface area contributed by atoms with Crippen LogP contribution >= 0.6 is 0 Å². The Balaban J connectivity index is 1.66. The number of nitrogens with zero attached hydrogens (tertiary/aromatic N) is 1. The van der Waals surface area contributed by atoms with Gasteiger partial charge in [-0.3, -0.25) is 4.79 Å². The number of fused-ring (bicyclic) bond motifs is 1. The Hall–Kier alpha value is -0.570. The fraction of sp³-hybridized carbons (Fsp3) is 0.938. The van der Waals surface area contributed by atoms with Gasteiger partial charge >= 0.3 is 0 Å². The lowest BCUT2D eigenvalue weighted by Crippen LogP contribution is -2.35. The third-order valence-electron chi connectivity index (χ3n) is 6.60. The molecule has 0 spiro atoms. The Morgan fingerprint density at radius 1 is 1.00 bits per heavy atom. The van der Waals surface area contributed by atoms with Gasteiger partial charge in [0, 0.05) is 19.0 Å². The zero-order valence-electron chi connectivity index (χ0n) is 12.8. The summed E-state index contributed by atoms with van der Waals surface area (Å²) in [6, 6.07) is 0. The fourth-order valence-corrected chi connectivity index (χ4v) is 4.43. The monoisotopic (exact) mass is 264 g/mol. The summed E-state index contributed by atoms with van der Waals surface area (Å²) >= 11 is 0. The topological polar surface area (TPSA) is 32.3 Å². The van der Waals surface area contributed by atoms with Crippen LogP contribution in [0, 0.1) is 28.6 Å². The molecule has 0 bridgehead atoms. The molecule has 1 aliphatic carbocycles. The zero-order chi connectivity index (χ0) is 13.8. The van der Waals surface area contributed by atoms with Crippen molar-refractivity contribution in [1.82, 2.24) is 10.2 Å². The number of likely N-dealkylation sites (tertiary alicyclic amines) is 1. The predicted molar refractivity (Wildman–Crippen MR) is 76.7 cm³/mol. The highest BCUT2D eigenvalue weighted by Gasteiger charge is 2.68. The SMILES string of the molecule is CC1(C)C(C(=O)N2CC[C@@H]3CNC[C@@H]3CC2)C1(C)C. The summed E-state index contributed by atoms with van der Waals surface area (Å²) in [6.45, 7) is 13.2. The third-order valence-corrected chi connectivity index (χ3v) is 6.60. The summed E-state index contributed by atoms with van der Waals surface area (Å²) in [5.74, 6) is 2.26. The van der Waals surface area contributed by atoms with Crippen molar-refractivity contribution in [2.45, 2.75) is 40.5 Å². The largest absolute Gasteiger partial charge is 0.342 e. The van der Waals surface area contributed by atoms with Crippen molar-refractivity contribution in [2.75, 3.05) is 26.2 Å². The number of rotatable bonds is 1. The highest BCUT2D eigenvalue weighted by atomic mass is 16.2. The predicted octanol–water partition coefficient (Wildman–Crippen LogP) is 2.13. The van der Waals surface area contributed by atoms with Gasteiger partial charge in [-0.05, 0) is 48.6 Å². The molecule has 108 valence electrons. The minimum atomic E-state index is 0.174. The summed E-state index contributed by atoms with van der Waals surface area (Å²) in [6.07, 6.45) is 2.38. The average Bonchev–Trinajstić information content (AvgIpc) is 2.60. The van der Waals surface area contributed by atoms with E-state index in [4.69, 9.17) is 0 Å². The van der Waals surface area contributed by atoms with E-state index in [0.29, 0.717) is 5.91 Å². The van der Waals surface area contributed by atoms with E-state index in [1.54, 1.807) is 0 Å². The maximum absolute atomic E-state index is 12.8. The van der Waals surface area contributed by atoms with E-state index in [1.807, 2.05) is 0 Å². The summed E-state index contributed by atoms with van der Waals surface area (Å²) in [4.78, 5) is 14.9. The summed E-state index contributed by atoms with van der Waals surface area (Å²) < 4.78 is 0. The molecule has 0 radical (unpaired) electrons. The Bertz CT molecular complexity index is 360. The van der Waals surface area contributed by atoms with Crippen LogP contribution in [0.1, 0.15) is 40.5 Å². The molecule has 1 saturated carbocycles. The summed E-state index contributed by atoms with van der Waals surface area (Å²) in [7, 11) is 0. The van der Waals surface area contributed by atoms with Gasteiger partial charge in [0.2, 0.25) is 5.91 Å². The number of amides is 1. The maximum atomic E-state index is 12.8. The van der Waals surface area contributed by atoms with Gasteiger partial charge in [0.25, 0.3) is 0 Å². The van der Waals surface area contributed by atoms with E-state index < -0.39 is 0 Å². The molecule has 3 fully saturated rings. The molecule has 2 atom stereocenters. The maximum Gasteiger partial charge on any atom is 0.226 e. The van der Waals surface area contributed by atoms with Crippen molar-refractivity contribution >= 4 is 5.91 Å². The molecule has 19 heavy (non-hydrogen) atoms. The van der Waals surface area contributed by atoms with E-state index in [0.717, 1.165) is 38.0 Å². The van der Waals surface area contributed by atoms with Gasteiger partial charge < -0.3 is 10.2 Å². The number of carbonyl (C=O) groups excluding carboxylic acids is 1. The first-order chi connectivity index (χ1) is 8.85. The lowest BCUT2D eigenvalue weighted by atomic mass is 9.92. The molecule has 3 heteroatoms. The van der Waals surface area contributed by atoms with Gasteiger partial charge in [0.05, 0.1) is 0 Å². The van der Waals surface area contributed by atoms with Crippen LogP contribution in [0.25, 0.3) is 0 Å². The van der Waals surface area contributed by atoms with Crippen LogP contribution in [0.15, 0.2) is 0 Å². The van der Waals surface area contributed by atoms with E-state index in [1.165, 1.54) is 12.8 Å². The average molecular weight is 264 g/mol. The smallest absolute Gasteiger partial charge is 0.226 e. The number of hydrogen-bond donors (Lipinski definition) is 1. The van der Waals surface area contributed by atoms with Crippen molar-refractivity contribution in [3.8, 4) is 0 Å². The van der Waals surface area contributed by atoms with Crippen LogP contribution in [0.3, 0.4) is 0 Å². The third kappa shape index (κ3) is 1.93. The van der Waals surface area contributed by atoms with Crippen LogP contribution in [-0.4, -0.2) is 37.0 Å². The van der Waals surface area contributed by atoms with Gasteiger partial charge in [0.1, 0.15) is 0 Å². The number of carbonyl (C=O) groups is 1. The molecule has 2 heterocycles. The first-order valence-electron chi connectivity index (χ1n) is 7.85. The molecule has 1 amide bonds. The van der Waals surface area contributed by atoms with Gasteiger partial charge in [-0.15, -0.1) is 0 Å². The standard InChI is InChI=1S/C16H28N2O/c1-15(2)13(16(15,3)4)14(19)18-7-5-11-9-17-10-12(11)6-8-18/h11-13,17H,5-10H2,1-4H3/t11-,12+. The Morgan fingerprint density at radius 3 is 1.89 bits per heavy atom. The fourth-order valence-electron chi connectivity index (χ4n) is 4.43. The molecule has 2 saturated heterocycles. The Kier molecular flexibility index (Phi) is 2.97.